The Hall–Kier alpha value is -0.126. The molecule has 0 amide bonds. The molecule has 0 aromatic rings. The lowest BCUT2D eigenvalue weighted by Crippen LogP contribution is -2.28. The van der Waals surface area contributed by atoms with Crippen LogP contribution >= 0.6 is 0 Å². The lowest BCUT2D eigenvalue weighted by molar-refractivity contribution is 0.728. The highest BCUT2D eigenvalue weighted by molar-refractivity contribution is 6.15. The van der Waals surface area contributed by atoms with E-state index >= 15 is 0 Å². The van der Waals surface area contributed by atoms with Gasteiger partial charge < -0.3 is 0 Å². The highest BCUT2D eigenvalue weighted by Gasteiger charge is 1.99. The van der Waals surface area contributed by atoms with Crippen molar-refractivity contribution >= 4 is 20.5 Å². The molecule has 0 aromatic carbocycles. The average Bonchev–Trinajstić information content (AvgIpc) is 1.87. The third kappa shape index (κ3) is 4.38. The summed E-state index contributed by atoms with van der Waals surface area (Å²) in [5.74, 6) is 0. The molecule has 0 saturated carbocycles. The van der Waals surface area contributed by atoms with Crippen LogP contribution in [-0.2, 0) is 0 Å². The molecule has 0 aromatic heterocycles. The summed E-state index contributed by atoms with van der Waals surface area (Å²) in [7, 11) is 2.16. The van der Waals surface area contributed by atoms with Gasteiger partial charge in [-0.3, -0.25) is 0 Å². The van der Waals surface area contributed by atoms with Crippen LogP contribution in [0.25, 0.3) is 0 Å². The molecule has 0 bridgehead atoms. The lowest BCUT2D eigenvalue weighted by Gasteiger charge is -2.09. The molecule has 9 heavy (non-hydrogen) atoms. The van der Waals surface area contributed by atoms with E-state index < -0.39 is 0 Å². The molecular formula is C6H14NSi2. The molecular weight excluding hydrogens is 142 g/mol. The summed E-state index contributed by atoms with van der Waals surface area (Å²) in [6, 6.07) is 0. The smallest absolute Gasteiger partial charge is 0.0312 e. The first-order valence-corrected chi connectivity index (χ1v) is 5.46. The third-order valence-corrected chi connectivity index (χ3v) is 2.69. The molecule has 2 atom stereocenters. The fraction of sp³-hybridized carbons (Fsp3) is 0.333. The SMILES string of the molecule is C=CC([SiH3])[N]C([SiH3])C=C. The van der Waals surface area contributed by atoms with Crippen molar-refractivity contribution in [3.05, 3.63) is 25.3 Å². The molecule has 2 unspecified atom stereocenters. The fourth-order valence-electron chi connectivity index (χ4n) is 0.493. The highest BCUT2D eigenvalue weighted by Crippen LogP contribution is 1.84. The molecule has 0 spiro atoms. The van der Waals surface area contributed by atoms with Gasteiger partial charge in [0.1, 0.15) is 0 Å². The van der Waals surface area contributed by atoms with Gasteiger partial charge in [0, 0.05) is 31.8 Å². The van der Waals surface area contributed by atoms with Crippen LogP contribution in [0.15, 0.2) is 25.3 Å². The molecule has 0 fully saturated rings. The number of nitrogens with zero attached hydrogens (tertiary/aromatic N) is 1. The Labute approximate surface area is 63.1 Å². The number of hydrogen-bond donors (Lipinski definition) is 0. The van der Waals surface area contributed by atoms with Gasteiger partial charge in [-0.1, -0.05) is 12.2 Å². The van der Waals surface area contributed by atoms with Crippen LogP contribution in [0.1, 0.15) is 0 Å². The molecule has 0 aliphatic heterocycles. The van der Waals surface area contributed by atoms with Gasteiger partial charge in [0.25, 0.3) is 0 Å². The van der Waals surface area contributed by atoms with E-state index in [2.05, 4.69) is 18.5 Å². The molecule has 1 radical (unpaired) electrons. The van der Waals surface area contributed by atoms with Crippen LogP contribution in [0.5, 0.6) is 0 Å². The Kier molecular flexibility index (Phi) is 4.66. The zero-order valence-electron chi connectivity index (χ0n) is 6.17. The second-order valence-corrected chi connectivity index (χ2v) is 4.47. The molecule has 0 aliphatic carbocycles. The van der Waals surface area contributed by atoms with Crippen LogP contribution in [0.4, 0.5) is 0 Å². The average molecular weight is 156 g/mol. The fourth-order valence-corrected chi connectivity index (χ4v) is 2.03. The van der Waals surface area contributed by atoms with Gasteiger partial charge >= 0.3 is 0 Å². The second-order valence-electron chi connectivity index (χ2n) is 2.10. The van der Waals surface area contributed by atoms with Gasteiger partial charge in [0.15, 0.2) is 0 Å². The second kappa shape index (κ2) is 4.72. The van der Waals surface area contributed by atoms with Crippen molar-refractivity contribution in [1.29, 1.82) is 0 Å². The largest absolute Gasteiger partial charge is 0.236 e. The Balaban J connectivity index is 3.45. The number of hydrogen-bond acceptors (Lipinski definition) is 0. The summed E-state index contributed by atoms with van der Waals surface area (Å²) < 4.78 is 0. The van der Waals surface area contributed by atoms with Gasteiger partial charge in [-0.25, -0.2) is 5.32 Å². The summed E-state index contributed by atoms with van der Waals surface area (Å²) in [6.07, 6.45) is 3.81. The monoisotopic (exact) mass is 156 g/mol. The Morgan fingerprint density at radius 3 is 1.67 bits per heavy atom. The van der Waals surface area contributed by atoms with E-state index in [0.29, 0.717) is 11.3 Å². The predicted molar refractivity (Wildman–Crippen MR) is 50.0 cm³/mol. The predicted octanol–water partition coefficient (Wildman–Crippen LogP) is -1.65. The van der Waals surface area contributed by atoms with Crippen LogP contribution in [0, 0.1) is 0 Å². The van der Waals surface area contributed by atoms with Crippen molar-refractivity contribution < 1.29 is 0 Å². The maximum atomic E-state index is 4.40. The van der Waals surface area contributed by atoms with Crippen LogP contribution in [0.2, 0.25) is 0 Å². The van der Waals surface area contributed by atoms with Crippen molar-refractivity contribution in [2.24, 2.45) is 0 Å². The van der Waals surface area contributed by atoms with Crippen molar-refractivity contribution in [3.63, 3.8) is 0 Å². The highest BCUT2D eigenvalue weighted by atomic mass is 28.1. The van der Waals surface area contributed by atoms with Crippen molar-refractivity contribution in [2.45, 2.75) is 11.3 Å². The quantitative estimate of drug-likeness (QED) is 0.342. The standard InChI is InChI=1S/C6H14NSi2/c1-3-5(8)7-6(9)4-2/h3-6H,1-2H2,8-9H3. The topological polar surface area (TPSA) is 14.1 Å². The first kappa shape index (κ1) is 8.87. The van der Waals surface area contributed by atoms with E-state index in [1.807, 2.05) is 12.2 Å². The minimum atomic E-state index is 0.422. The zero-order chi connectivity index (χ0) is 7.28. The van der Waals surface area contributed by atoms with Gasteiger partial charge in [0.2, 0.25) is 0 Å². The van der Waals surface area contributed by atoms with E-state index in [9.17, 15) is 0 Å². The first-order valence-electron chi connectivity index (χ1n) is 3.15. The van der Waals surface area contributed by atoms with E-state index in [1.165, 1.54) is 0 Å². The van der Waals surface area contributed by atoms with Gasteiger partial charge in [-0.2, -0.15) is 0 Å². The summed E-state index contributed by atoms with van der Waals surface area (Å²) in [4.78, 5) is 0. The van der Waals surface area contributed by atoms with Crippen molar-refractivity contribution in [2.75, 3.05) is 0 Å². The molecule has 0 aliphatic rings. The summed E-state index contributed by atoms with van der Waals surface area (Å²) >= 11 is 0. The van der Waals surface area contributed by atoms with Crippen LogP contribution < -0.4 is 5.32 Å². The molecule has 0 N–H and O–H groups in total. The van der Waals surface area contributed by atoms with Crippen molar-refractivity contribution in [1.82, 2.24) is 5.32 Å². The van der Waals surface area contributed by atoms with E-state index in [0.717, 1.165) is 20.5 Å². The summed E-state index contributed by atoms with van der Waals surface area (Å²) in [5, 5.41) is 4.40. The summed E-state index contributed by atoms with van der Waals surface area (Å²) in [6.45, 7) is 7.34. The van der Waals surface area contributed by atoms with E-state index in [1.54, 1.807) is 0 Å². The molecule has 51 valence electrons. The minimum Gasteiger partial charge on any atom is -0.236 e. The Morgan fingerprint density at radius 1 is 1.11 bits per heavy atom. The molecule has 0 saturated heterocycles. The van der Waals surface area contributed by atoms with E-state index in [-0.39, 0.29) is 0 Å². The number of rotatable bonds is 4. The Morgan fingerprint density at radius 2 is 1.44 bits per heavy atom. The molecule has 0 rings (SSSR count). The van der Waals surface area contributed by atoms with Gasteiger partial charge in [-0.05, 0) is 0 Å². The van der Waals surface area contributed by atoms with Crippen LogP contribution in [-0.4, -0.2) is 31.8 Å². The summed E-state index contributed by atoms with van der Waals surface area (Å²) in [5.41, 5.74) is 0.844. The maximum absolute atomic E-state index is 4.40. The molecule has 3 heteroatoms. The van der Waals surface area contributed by atoms with E-state index in [4.69, 9.17) is 0 Å². The normalized spacial score (nSPS) is 16.9. The van der Waals surface area contributed by atoms with Crippen molar-refractivity contribution in [3.8, 4) is 0 Å². The van der Waals surface area contributed by atoms with Crippen LogP contribution in [0.3, 0.4) is 0 Å². The Bertz CT molecular complexity index is 91.2. The minimum absolute atomic E-state index is 0.422. The zero-order valence-corrected chi connectivity index (χ0v) is 10.2. The molecule has 1 nitrogen and oxygen atoms in total. The van der Waals surface area contributed by atoms with Gasteiger partial charge in [-0.15, -0.1) is 13.2 Å². The first-order chi connectivity index (χ1) is 4.20. The molecule has 0 heterocycles. The lowest BCUT2D eigenvalue weighted by atomic mass is 10.5. The maximum Gasteiger partial charge on any atom is 0.0312 e. The van der Waals surface area contributed by atoms with Gasteiger partial charge in [0.05, 0.1) is 0 Å². The third-order valence-electron chi connectivity index (χ3n) is 1.15.